The van der Waals surface area contributed by atoms with E-state index in [9.17, 15) is 9.59 Å². The van der Waals surface area contributed by atoms with Crippen molar-refractivity contribution < 1.29 is 23.8 Å². The molecule has 0 amide bonds. The van der Waals surface area contributed by atoms with Gasteiger partial charge < -0.3 is 14.2 Å². The van der Waals surface area contributed by atoms with Crippen LogP contribution in [-0.2, 0) is 23.8 Å². The normalized spacial score (nSPS) is 39.7. The van der Waals surface area contributed by atoms with Crippen molar-refractivity contribution in [2.45, 2.75) is 51.4 Å². The molecule has 0 radical (unpaired) electrons. The van der Waals surface area contributed by atoms with E-state index in [0.29, 0.717) is 0 Å². The molecule has 2 aliphatic heterocycles. The van der Waals surface area contributed by atoms with Crippen molar-refractivity contribution in [3.8, 4) is 0 Å². The largest absolute Gasteiger partial charge is 0.469 e. The van der Waals surface area contributed by atoms with Crippen molar-refractivity contribution >= 4 is 11.9 Å². The lowest BCUT2D eigenvalue weighted by molar-refractivity contribution is -0.209. The van der Waals surface area contributed by atoms with Crippen LogP contribution in [0.3, 0.4) is 0 Å². The zero-order valence-electron chi connectivity index (χ0n) is 11.0. The molecule has 5 heteroatoms. The fourth-order valence-electron chi connectivity index (χ4n) is 2.66. The van der Waals surface area contributed by atoms with Gasteiger partial charge in [-0.05, 0) is 18.8 Å². The molecule has 2 aliphatic rings. The Hall–Kier alpha value is -1.10. The lowest BCUT2D eigenvalue weighted by Gasteiger charge is -2.44. The van der Waals surface area contributed by atoms with Crippen LogP contribution in [0, 0.1) is 11.8 Å². The second kappa shape index (κ2) is 5.26. The van der Waals surface area contributed by atoms with E-state index >= 15 is 0 Å². The Morgan fingerprint density at radius 1 is 1.39 bits per heavy atom. The zero-order chi connectivity index (χ0) is 13.3. The van der Waals surface area contributed by atoms with Gasteiger partial charge in [0.1, 0.15) is 6.10 Å². The quantitative estimate of drug-likeness (QED) is 0.697. The van der Waals surface area contributed by atoms with Gasteiger partial charge in [-0.15, -0.1) is 0 Å². The molecular formula is C13H20O5. The smallest absolute Gasteiger partial charge is 0.309 e. The lowest BCUT2D eigenvalue weighted by Crippen LogP contribution is -2.52. The summed E-state index contributed by atoms with van der Waals surface area (Å²) in [7, 11) is 1.38. The van der Waals surface area contributed by atoms with Gasteiger partial charge >= 0.3 is 11.9 Å². The first kappa shape index (κ1) is 13.3. The van der Waals surface area contributed by atoms with Gasteiger partial charge in [-0.2, -0.15) is 0 Å². The van der Waals surface area contributed by atoms with E-state index in [4.69, 9.17) is 9.47 Å². The van der Waals surface area contributed by atoms with Gasteiger partial charge in [0, 0.05) is 0 Å². The summed E-state index contributed by atoms with van der Waals surface area (Å²) in [5.74, 6) is -0.425. The van der Waals surface area contributed by atoms with E-state index < -0.39 is 0 Å². The Bertz CT molecular complexity index is 338. The van der Waals surface area contributed by atoms with Crippen LogP contribution in [0.1, 0.15) is 33.1 Å². The van der Waals surface area contributed by atoms with Gasteiger partial charge in [-0.1, -0.05) is 13.8 Å². The molecule has 0 aromatic heterocycles. The molecule has 0 unspecified atom stereocenters. The third kappa shape index (κ3) is 2.51. The van der Waals surface area contributed by atoms with Crippen LogP contribution in [0.25, 0.3) is 0 Å². The minimum atomic E-state index is -0.257. The van der Waals surface area contributed by atoms with Gasteiger partial charge in [0.25, 0.3) is 0 Å². The van der Waals surface area contributed by atoms with E-state index in [-0.39, 0.29) is 48.5 Å². The molecule has 18 heavy (non-hydrogen) atoms. The predicted molar refractivity (Wildman–Crippen MR) is 62.7 cm³/mol. The van der Waals surface area contributed by atoms with Gasteiger partial charge in [0.05, 0.1) is 31.7 Å². The minimum absolute atomic E-state index is 0.0962. The summed E-state index contributed by atoms with van der Waals surface area (Å²) in [6.07, 6.45) is 1.39. The monoisotopic (exact) mass is 256 g/mol. The Balaban J connectivity index is 1.99. The summed E-state index contributed by atoms with van der Waals surface area (Å²) in [5.41, 5.74) is 0. The molecule has 5 nitrogen and oxygen atoms in total. The molecule has 2 heterocycles. The van der Waals surface area contributed by atoms with Gasteiger partial charge in [-0.3, -0.25) is 9.59 Å². The van der Waals surface area contributed by atoms with Gasteiger partial charge in [-0.25, -0.2) is 0 Å². The lowest BCUT2D eigenvalue weighted by atomic mass is 9.82. The molecule has 2 fully saturated rings. The Kier molecular flexibility index (Phi) is 3.90. The molecule has 5 atom stereocenters. The molecule has 0 N–H and O–H groups in total. The Labute approximate surface area is 107 Å². The molecule has 0 aromatic carbocycles. The van der Waals surface area contributed by atoms with Crippen LogP contribution in [0.15, 0.2) is 0 Å². The fraction of sp³-hybridized carbons (Fsp3) is 0.846. The first-order chi connectivity index (χ1) is 8.52. The number of esters is 2. The molecule has 0 aromatic rings. The summed E-state index contributed by atoms with van der Waals surface area (Å²) >= 11 is 0. The third-order valence-electron chi connectivity index (χ3n) is 4.06. The molecule has 0 saturated carbocycles. The van der Waals surface area contributed by atoms with Crippen molar-refractivity contribution in [1.82, 2.24) is 0 Å². The molecule has 102 valence electrons. The Morgan fingerprint density at radius 2 is 2.11 bits per heavy atom. The topological polar surface area (TPSA) is 61.8 Å². The van der Waals surface area contributed by atoms with Crippen LogP contribution >= 0.6 is 0 Å². The number of carbonyl (C=O) groups is 2. The van der Waals surface area contributed by atoms with E-state index in [0.717, 1.165) is 12.8 Å². The highest BCUT2D eigenvalue weighted by molar-refractivity contribution is 5.73. The van der Waals surface area contributed by atoms with Crippen molar-refractivity contribution in [3.05, 3.63) is 0 Å². The number of methoxy groups -OCH3 is 1. The SMILES string of the molecule is COC(=O)C[C@H]1CC[C@@H]2OC(=O)[C@@H](C)[C@@H](C)[C@H]2O1. The highest BCUT2D eigenvalue weighted by Crippen LogP contribution is 2.36. The van der Waals surface area contributed by atoms with Crippen LogP contribution in [0.2, 0.25) is 0 Å². The van der Waals surface area contributed by atoms with Crippen LogP contribution in [-0.4, -0.2) is 37.4 Å². The third-order valence-corrected chi connectivity index (χ3v) is 4.06. The van der Waals surface area contributed by atoms with E-state index in [2.05, 4.69) is 4.74 Å². The summed E-state index contributed by atoms with van der Waals surface area (Å²) < 4.78 is 15.9. The first-order valence-corrected chi connectivity index (χ1v) is 6.45. The second-order valence-corrected chi connectivity index (χ2v) is 5.20. The molecule has 0 spiro atoms. The molecule has 2 rings (SSSR count). The van der Waals surface area contributed by atoms with Gasteiger partial charge in [0.15, 0.2) is 0 Å². The zero-order valence-corrected chi connectivity index (χ0v) is 11.0. The van der Waals surface area contributed by atoms with Crippen molar-refractivity contribution in [1.29, 1.82) is 0 Å². The van der Waals surface area contributed by atoms with Crippen LogP contribution in [0.4, 0.5) is 0 Å². The van der Waals surface area contributed by atoms with E-state index in [1.165, 1.54) is 7.11 Å². The fourth-order valence-corrected chi connectivity index (χ4v) is 2.66. The van der Waals surface area contributed by atoms with Gasteiger partial charge in [0.2, 0.25) is 0 Å². The Morgan fingerprint density at radius 3 is 2.78 bits per heavy atom. The summed E-state index contributed by atoms with van der Waals surface area (Å²) in [6.45, 7) is 3.86. The maximum Gasteiger partial charge on any atom is 0.309 e. The molecular weight excluding hydrogens is 236 g/mol. The number of rotatable bonds is 2. The number of hydrogen-bond acceptors (Lipinski definition) is 5. The summed E-state index contributed by atoms with van der Waals surface area (Å²) in [6, 6.07) is 0. The second-order valence-electron chi connectivity index (χ2n) is 5.20. The highest BCUT2D eigenvalue weighted by Gasteiger charge is 2.45. The van der Waals surface area contributed by atoms with Crippen LogP contribution < -0.4 is 0 Å². The number of hydrogen-bond donors (Lipinski definition) is 0. The van der Waals surface area contributed by atoms with Crippen molar-refractivity contribution in [2.75, 3.05) is 7.11 Å². The highest BCUT2D eigenvalue weighted by atomic mass is 16.6. The maximum absolute atomic E-state index is 11.6. The standard InChI is InChI=1S/C13H20O5/c1-7-8(2)13(15)18-10-5-4-9(17-12(7)10)6-11(14)16-3/h7-10,12H,4-6H2,1-3H3/t7-,8+,9-,10+,12-/m1/s1. The van der Waals surface area contributed by atoms with E-state index in [1.54, 1.807) is 0 Å². The average molecular weight is 256 g/mol. The van der Waals surface area contributed by atoms with E-state index in [1.807, 2.05) is 13.8 Å². The minimum Gasteiger partial charge on any atom is -0.469 e. The van der Waals surface area contributed by atoms with Crippen molar-refractivity contribution in [3.63, 3.8) is 0 Å². The average Bonchev–Trinajstić information content (AvgIpc) is 2.37. The summed E-state index contributed by atoms with van der Waals surface area (Å²) in [5, 5.41) is 0. The molecule has 0 aliphatic carbocycles. The van der Waals surface area contributed by atoms with Crippen LogP contribution in [0.5, 0.6) is 0 Å². The first-order valence-electron chi connectivity index (χ1n) is 6.45. The number of ether oxygens (including phenoxy) is 3. The van der Waals surface area contributed by atoms with Crippen molar-refractivity contribution in [2.24, 2.45) is 11.8 Å². The maximum atomic E-state index is 11.6. The summed E-state index contributed by atoms with van der Waals surface area (Å²) in [4.78, 5) is 22.9. The molecule has 2 saturated heterocycles. The number of carbonyl (C=O) groups excluding carboxylic acids is 2. The predicted octanol–water partition coefficient (Wildman–Crippen LogP) is 1.29. The number of fused-ring (bicyclic) bond motifs is 1. The molecule has 0 bridgehead atoms.